The molecule has 0 saturated carbocycles. The summed E-state index contributed by atoms with van der Waals surface area (Å²) < 4.78 is 5.15. The van der Waals surface area contributed by atoms with E-state index in [2.05, 4.69) is 39.7 Å². The summed E-state index contributed by atoms with van der Waals surface area (Å²) in [5, 5.41) is 6.32. The highest BCUT2D eigenvalue weighted by Crippen LogP contribution is 2.23. The average Bonchev–Trinajstić information content (AvgIpc) is 2.94. The van der Waals surface area contributed by atoms with E-state index >= 15 is 0 Å². The minimum Gasteiger partial charge on any atom is -0.481 e. The second kappa shape index (κ2) is 6.58. The molecule has 4 nitrogen and oxygen atoms in total. The topological polar surface area (TPSA) is 47.0 Å². The summed E-state index contributed by atoms with van der Waals surface area (Å²) in [4.78, 5) is 8.75. The van der Waals surface area contributed by atoms with E-state index in [9.17, 15) is 0 Å². The number of aromatic nitrogens is 2. The molecule has 3 aromatic rings. The van der Waals surface area contributed by atoms with Crippen LogP contribution < -0.4 is 10.1 Å². The van der Waals surface area contributed by atoms with Crippen LogP contribution in [0.3, 0.4) is 0 Å². The number of hydrogen-bond donors (Lipinski definition) is 1. The van der Waals surface area contributed by atoms with E-state index in [0.717, 1.165) is 28.5 Å². The van der Waals surface area contributed by atoms with Gasteiger partial charge < -0.3 is 10.1 Å². The van der Waals surface area contributed by atoms with Crippen LogP contribution in [-0.2, 0) is 6.42 Å². The van der Waals surface area contributed by atoms with Crippen LogP contribution in [0, 0.1) is 6.92 Å². The predicted octanol–water partition coefficient (Wildman–Crippen LogP) is 4.19. The summed E-state index contributed by atoms with van der Waals surface area (Å²) in [7, 11) is 1.62. The Morgan fingerprint density at radius 1 is 1.23 bits per heavy atom. The fourth-order valence-corrected chi connectivity index (χ4v) is 2.90. The molecule has 2 aromatic heterocycles. The van der Waals surface area contributed by atoms with Gasteiger partial charge in [-0.15, -0.1) is 11.3 Å². The number of aryl methyl sites for hydroxylation is 1. The third kappa shape index (κ3) is 3.62. The molecule has 22 heavy (non-hydrogen) atoms. The first-order valence-corrected chi connectivity index (χ1v) is 7.88. The van der Waals surface area contributed by atoms with Crippen molar-refractivity contribution >= 4 is 22.2 Å². The number of hydrogen-bond acceptors (Lipinski definition) is 5. The molecule has 1 aromatic carbocycles. The molecule has 2 heterocycles. The second-order valence-electron chi connectivity index (χ2n) is 5.02. The smallest absolute Gasteiger partial charge is 0.213 e. The van der Waals surface area contributed by atoms with Crippen molar-refractivity contribution in [1.29, 1.82) is 0 Å². The molecule has 0 bridgehead atoms. The van der Waals surface area contributed by atoms with Crippen molar-refractivity contribution in [3.05, 3.63) is 64.8 Å². The van der Waals surface area contributed by atoms with Crippen molar-refractivity contribution in [2.24, 2.45) is 0 Å². The van der Waals surface area contributed by atoms with Crippen LogP contribution in [0.25, 0.3) is 0 Å². The minimum atomic E-state index is 0.630. The molecule has 5 heteroatoms. The first-order valence-electron chi connectivity index (χ1n) is 7.00. The molecule has 0 aliphatic rings. The number of anilines is 2. The van der Waals surface area contributed by atoms with Gasteiger partial charge in [0.25, 0.3) is 0 Å². The Kier molecular flexibility index (Phi) is 4.34. The van der Waals surface area contributed by atoms with Gasteiger partial charge in [0.15, 0.2) is 5.13 Å². The molecule has 0 radical (unpaired) electrons. The zero-order chi connectivity index (χ0) is 15.4. The lowest BCUT2D eigenvalue weighted by Crippen LogP contribution is -1.94. The third-order valence-corrected chi connectivity index (χ3v) is 4.02. The molecule has 0 atom stereocenters. The number of benzene rings is 1. The number of nitrogens with zero attached hydrogens (tertiary/aromatic N) is 2. The van der Waals surface area contributed by atoms with Gasteiger partial charge in [-0.05, 0) is 36.2 Å². The van der Waals surface area contributed by atoms with Crippen LogP contribution in [0.15, 0.2) is 48.0 Å². The van der Waals surface area contributed by atoms with E-state index in [1.165, 1.54) is 5.56 Å². The average molecular weight is 311 g/mol. The van der Waals surface area contributed by atoms with Crippen LogP contribution in [0.2, 0.25) is 0 Å². The maximum atomic E-state index is 5.15. The lowest BCUT2D eigenvalue weighted by Gasteiger charge is -2.03. The zero-order valence-corrected chi connectivity index (χ0v) is 13.4. The standard InChI is InChI=1S/C17H17N3OS/c1-12-4-3-5-14(8-12)19-17-20-15(11-22-17)9-13-6-7-18-16(10-13)21-2/h3-8,10-11H,9H2,1-2H3,(H,19,20). The minimum absolute atomic E-state index is 0.630. The Morgan fingerprint density at radius 3 is 2.95 bits per heavy atom. The predicted molar refractivity (Wildman–Crippen MR) is 90.2 cm³/mol. The summed E-state index contributed by atoms with van der Waals surface area (Å²) in [6.07, 6.45) is 2.53. The van der Waals surface area contributed by atoms with Gasteiger partial charge >= 0.3 is 0 Å². The second-order valence-corrected chi connectivity index (χ2v) is 5.88. The van der Waals surface area contributed by atoms with Crippen LogP contribution in [-0.4, -0.2) is 17.1 Å². The summed E-state index contributed by atoms with van der Waals surface area (Å²) in [5.41, 5.74) is 4.46. The molecule has 0 aliphatic carbocycles. The third-order valence-electron chi connectivity index (χ3n) is 3.21. The normalized spacial score (nSPS) is 10.5. The molecule has 1 N–H and O–H groups in total. The van der Waals surface area contributed by atoms with Crippen molar-refractivity contribution in [3.8, 4) is 5.88 Å². The lowest BCUT2D eigenvalue weighted by molar-refractivity contribution is 0.397. The van der Waals surface area contributed by atoms with Crippen molar-refractivity contribution in [3.63, 3.8) is 0 Å². The first kappa shape index (κ1) is 14.5. The fourth-order valence-electron chi connectivity index (χ4n) is 2.17. The lowest BCUT2D eigenvalue weighted by atomic mass is 10.1. The van der Waals surface area contributed by atoms with E-state index in [1.807, 2.05) is 24.3 Å². The van der Waals surface area contributed by atoms with Crippen molar-refractivity contribution in [2.75, 3.05) is 12.4 Å². The van der Waals surface area contributed by atoms with Gasteiger partial charge in [0.05, 0.1) is 12.8 Å². The summed E-state index contributed by atoms with van der Waals surface area (Å²) in [6.45, 7) is 2.08. The van der Waals surface area contributed by atoms with Crippen LogP contribution in [0.1, 0.15) is 16.8 Å². The zero-order valence-electron chi connectivity index (χ0n) is 12.5. The molecular weight excluding hydrogens is 294 g/mol. The summed E-state index contributed by atoms with van der Waals surface area (Å²) in [5.74, 6) is 0.630. The van der Waals surface area contributed by atoms with Crippen LogP contribution >= 0.6 is 11.3 Å². The number of methoxy groups -OCH3 is 1. The maximum absolute atomic E-state index is 5.15. The van der Waals surface area contributed by atoms with Crippen molar-refractivity contribution < 1.29 is 4.74 Å². The summed E-state index contributed by atoms with van der Waals surface area (Å²) >= 11 is 1.61. The molecule has 0 unspecified atom stereocenters. The molecule has 0 spiro atoms. The molecule has 0 aliphatic heterocycles. The Morgan fingerprint density at radius 2 is 2.14 bits per heavy atom. The van der Waals surface area contributed by atoms with E-state index < -0.39 is 0 Å². The van der Waals surface area contributed by atoms with E-state index in [4.69, 9.17) is 4.74 Å². The molecular formula is C17H17N3OS. The van der Waals surface area contributed by atoms with Gasteiger partial charge in [-0.2, -0.15) is 0 Å². The van der Waals surface area contributed by atoms with E-state index in [-0.39, 0.29) is 0 Å². The van der Waals surface area contributed by atoms with Gasteiger partial charge in [0.2, 0.25) is 5.88 Å². The number of thiazole rings is 1. The number of rotatable bonds is 5. The Bertz CT molecular complexity index is 770. The summed E-state index contributed by atoms with van der Waals surface area (Å²) in [6, 6.07) is 12.2. The van der Waals surface area contributed by atoms with Gasteiger partial charge in [0.1, 0.15) is 0 Å². The molecule has 0 fully saturated rings. The van der Waals surface area contributed by atoms with Gasteiger partial charge in [-0.1, -0.05) is 12.1 Å². The van der Waals surface area contributed by atoms with E-state index in [1.54, 1.807) is 24.6 Å². The largest absolute Gasteiger partial charge is 0.481 e. The molecule has 3 rings (SSSR count). The van der Waals surface area contributed by atoms with Crippen LogP contribution in [0.5, 0.6) is 5.88 Å². The first-order chi connectivity index (χ1) is 10.7. The molecule has 0 saturated heterocycles. The monoisotopic (exact) mass is 311 g/mol. The maximum Gasteiger partial charge on any atom is 0.213 e. The Labute approximate surface area is 133 Å². The highest BCUT2D eigenvalue weighted by molar-refractivity contribution is 7.13. The Balaban J connectivity index is 1.70. The SMILES string of the molecule is COc1cc(Cc2csc(Nc3cccc(C)c3)n2)ccn1. The van der Waals surface area contributed by atoms with Crippen LogP contribution in [0.4, 0.5) is 10.8 Å². The highest BCUT2D eigenvalue weighted by atomic mass is 32.1. The number of nitrogens with one attached hydrogen (secondary N) is 1. The molecule has 112 valence electrons. The van der Waals surface area contributed by atoms with Crippen molar-refractivity contribution in [1.82, 2.24) is 9.97 Å². The van der Waals surface area contributed by atoms with Gasteiger partial charge in [-0.3, -0.25) is 0 Å². The van der Waals surface area contributed by atoms with Crippen molar-refractivity contribution in [2.45, 2.75) is 13.3 Å². The Hall–Kier alpha value is -2.40. The number of ether oxygens (including phenoxy) is 1. The fraction of sp³-hybridized carbons (Fsp3) is 0.176. The van der Waals surface area contributed by atoms with Gasteiger partial charge in [0, 0.05) is 29.8 Å². The highest BCUT2D eigenvalue weighted by Gasteiger charge is 2.05. The quantitative estimate of drug-likeness (QED) is 0.767. The number of pyridine rings is 1. The van der Waals surface area contributed by atoms with Gasteiger partial charge in [-0.25, -0.2) is 9.97 Å². The van der Waals surface area contributed by atoms with E-state index in [0.29, 0.717) is 5.88 Å². The molecule has 0 amide bonds.